The molecule has 0 saturated heterocycles. The molecule has 1 aromatic carbocycles. The lowest BCUT2D eigenvalue weighted by Gasteiger charge is -2.08. The number of fused-ring (bicyclic) bond motifs is 1. The molecule has 0 aliphatic carbocycles. The van der Waals surface area contributed by atoms with E-state index in [1.54, 1.807) is 6.92 Å². The molecule has 0 atom stereocenters. The average Bonchev–Trinajstić information content (AvgIpc) is 2.45. The molecule has 0 bridgehead atoms. The summed E-state index contributed by atoms with van der Waals surface area (Å²) in [6.07, 6.45) is 0. The van der Waals surface area contributed by atoms with Gasteiger partial charge in [-0.25, -0.2) is 8.78 Å². The molecule has 2 rings (SSSR count). The second-order valence-electron chi connectivity index (χ2n) is 3.14. The smallest absolute Gasteiger partial charge is 0.264 e. The first-order valence-corrected chi connectivity index (χ1v) is 4.42. The number of rotatable bonds is 1. The van der Waals surface area contributed by atoms with E-state index >= 15 is 0 Å². The molecule has 78 valence electrons. The first-order valence-electron chi connectivity index (χ1n) is 4.42. The third kappa shape index (κ3) is 1.16. The van der Waals surface area contributed by atoms with Crippen molar-refractivity contribution < 1.29 is 18.4 Å². The molecular weight excluding hydrogens is 204 g/mol. The summed E-state index contributed by atoms with van der Waals surface area (Å²) < 4.78 is 26.1. The quantitative estimate of drug-likeness (QED) is 0.661. The van der Waals surface area contributed by atoms with E-state index in [0.717, 1.165) is 17.0 Å². The van der Waals surface area contributed by atoms with Crippen LogP contribution in [-0.4, -0.2) is 23.3 Å². The van der Waals surface area contributed by atoms with Gasteiger partial charge in [0.25, 0.3) is 11.8 Å². The van der Waals surface area contributed by atoms with Gasteiger partial charge in [0.2, 0.25) is 0 Å². The molecule has 0 spiro atoms. The van der Waals surface area contributed by atoms with Crippen molar-refractivity contribution in [1.82, 2.24) is 4.90 Å². The van der Waals surface area contributed by atoms with E-state index in [2.05, 4.69) is 0 Å². The number of imide groups is 1. The number of carbonyl (C=O) groups excluding carboxylic acids is 2. The van der Waals surface area contributed by atoms with Gasteiger partial charge in [0.1, 0.15) is 0 Å². The molecule has 0 N–H and O–H groups in total. The predicted molar refractivity (Wildman–Crippen MR) is 47.4 cm³/mol. The molecular formula is C10H7F2NO2. The normalized spacial score (nSPS) is 14.7. The average molecular weight is 211 g/mol. The highest BCUT2D eigenvalue weighted by atomic mass is 19.2. The fraction of sp³-hybridized carbons (Fsp3) is 0.200. The van der Waals surface area contributed by atoms with Gasteiger partial charge in [-0.1, -0.05) is 0 Å². The van der Waals surface area contributed by atoms with Crippen LogP contribution in [0.15, 0.2) is 12.1 Å². The van der Waals surface area contributed by atoms with Gasteiger partial charge in [-0.3, -0.25) is 14.5 Å². The van der Waals surface area contributed by atoms with E-state index in [0.29, 0.717) is 0 Å². The molecule has 0 aromatic heterocycles. The molecule has 1 aromatic rings. The monoisotopic (exact) mass is 211 g/mol. The Bertz CT molecular complexity index is 471. The van der Waals surface area contributed by atoms with Gasteiger partial charge < -0.3 is 0 Å². The summed E-state index contributed by atoms with van der Waals surface area (Å²) in [4.78, 5) is 23.9. The minimum absolute atomic E-state index is 0.0687. The van der Waals surface area contributed by atoms with E-state index in [1.165, 1.54) is 0 Å². The highest BCUT2D eigenvalue weighted by Gasteiger charge is 2.37. The van der Waals surface area contributed by atoms with Crippen LogP contribution in [0.3, 0.4) is 0 Å². The van der Waals surface area contributed by atoms with Gasteiger partial charge in [-0.05, 0) is 19.1 Å². The third-order valence-electron chi connectivity index (χ3n) is 2.35. The summed E-state index contributed by atoms with van der Waals surface area (Å²) in [6.45, 7) is 1.74. The first kappa shape index (κ1) is 9.76. The first-order chi connectivity index (χ1) is 7.07. The second kappa shape index (κ2) is 3.12. The van der Waals surface area contributed by atoms with Gasteiger partial charge in [0, 0.05) is 6.54 Å². The minimum Gasteiger partial charge on any atom is -0.275 e. The Hall–Kier alpha value is -1.78. The van der Waals surface area contributed by atoms with E-state index < -0.39 is 29.0 Å². The standard InChI is InChI=1S/C10H7F2NO2/c1-2-13-9(14)5-3-4-6(11)8(12)7(5)10(13)15/h3-4H,2H2,1H3. The number of benzene rings is 1. The Morgan fingerprint density at radius 3 is 2.47 bits per heavy atom. The fourth-order valence-electron chi connectivity index (χ4n) is 1.60. The molecule has 15 heavy (non-hydrogen) atoms. The molecule has 2 amide bonds. The maximum Gasteiger partial charge on any atom is 0.264 e. The van der Waals surface area contributed by atoms with Crippen molar-refractivity contribution in [1.29, 1.82) is 0 Å². The van der Waals surface area contributed by atoms with Crippen LogP contribution in [0.2, 0.25) is 0 Å². The van der Waals surface area contributed by atoms with Crippen LogP contribution in [-0.2, 0) is 0 Å². The summed E-state index contributed by atoms with van der Waals surface area (Å²) in [5, 5.41) is 0. The second-order valence-corrected chi connectivity index (χ2v) is 3.14. The number of halogens is 2. The summed E-state index contributed by atoms with van der Waals surface area (Å²) in [6, 6.07) is 1.97. The number of hydrogen-bond acceptors (Lipinski definition) is 2. The van der Waals surface area contributed by atoms with Crippen molar-refractivity contribution in [3.05, 3.63) is 34.9 Å². The number of nitrogens with zero attached hydrogens (tertiary/aromatic N) is 1. The Kier molecular flexibility index (Phi) is 2.03. The van der Waals surface area contributed by atoms with Crippen molar-refractivity contribution in [2.45, 2.75) is 6.92 Å². The summed E-state index contributed by atoms with van der Waals surface area (Å²) >= 11 is 0. The van der Waals surface area contributed by atoms with Gasteiger partial charge >= 0.3 is 0 Å². The molecule has 0 unspecified atom stereocenters. The van der Waals surface area contributed by atoms with Crippen molar-refractivity contribution in [2.24, 2.45) is 0 Å². The van der Waals surface area contributed by atoms with Crippen LogP contribution in [0.5, 0.6) is 0 Å². The van der Waals surface area contributed by atoms with E-state index in [4.69, 9.17) is 0 Å². The van der Waals surface area contributed by atoms with Crippen LogP contribution in [0.4, 0.5) is 8.78 Å². The van der Waals surface area contributed by atoms with Crippen LogP contribution >= 0.6 is 0 Å². The topological polar surface area (TPSA) is 37.4 Å². The molecule has 0 fully saturated rings. The Balaban J connectivity index is 2.68. The SMILES string of the molecule is CCN1C(=O)c2ccc(F)c(F)c2C1=O. The van der Waals surface area contributed by atoms with Gasteiger partial charge in [0.15, 0.2) is 11.6 Å². The lowest BCUT2D eigenvalue weighted by atomic mass is 10.1. The largest absolute Gasteiger partial charge is 0.275 e. The minimum atomic E-state index is -1.25. The molecule has 0 saturated carbocycles. The maximum absolute atomic E-state index is 13.3. The van der Waals surface area contributed by atoms with Crippen molar-refractivity contribution in [3.8, 4) is 0 Å². The summed E-state index contributed by atoms with van der Waals surface area (Å²) in [5.41, 5.74) is -0.525. The number of amides is 2. The van der Waals surface area contributed by atoms with Crippen LogP contribution in [0.25, 0.3) is 0 Å². The Labute approximate surface area is 84.3 Å². The fourth-order valence-corrected chi connectivity index (χ4v) is 1.60. The van der Waals surface area contributed by atoms with Crippen molar-refractivity contribution in [3.63, 3.8) is 0 Å². The lowest BCUT2D eigenvalue weighted by Crippen LogP contribution is -2.29. The van der Waals surface area contributed by atoms with Gasteiger partial charge in [-0.2, -0.15) is 0 Å². The molecule has 0 radical (unpaired) electrons. The van der Waals surface area contributed by atoms with E-state index in [9.17, 15) is 18.4 Å². The van der Waals surface area contributed by atoms with Crippen molar-refractivity contribution in [2.75, 3.05) is 6.54 Å². The zero-order valence-corrected chi connectivity index (χ0v) is 7.88. The number of hydrogen-bond donors (Lipinski definition) is 0. The zero-order chi connectivity index (χ0) is 11.2. The Morgan fingerprint density at radius 1 is 1.20 bits per heavy atom. The van der Waals surface area contributed by atoms with E-state index in [-0.39, 0.29) is 12.1 Å². The van der Waals surface area contributed by atoms with Crippen LogP contribution in [0.1, 0.15) is 27.6 Å². The van der Waals surface area contributed by atoms with Gasteiger partial charge in [0.05, 0.1) is 11.1 Å². The maximum atomic E-state index is 13.3. The van der Waals surface area contributed by atoms with Crippen LogP contribution < -0.4 is 0 Å². The zero-order valence-electron chi connectivity index (χ0n) is 7.88. The summed E-state index contributed by atoms with van der Waals surface area (Å²) in [7, 11) is 0. The van der Waals surface area contributed by atoms with E-state index in [1.807, 2.05) is 0 Å². The third-order valence-corrected chi connectivity index (χ3v) is 2.35. The molecule has 5 heteroatoms. The van der Waals surface area contributed by atoms with Gasteiger partial charge in [-0.15, -0.1) is 0 Å². The molecule has 1 aliphatic rings. The lowest BCUT2D eigenvalue weighted by molar-refractivity contribution is 0.0661. The Morgan fingerprint density at radius 2 is 1.87 bits per heavy atom. The summed E-state index contributed by atoms with van der Waals surface area (Å²) in [5.74, 6) is -3.71. The highest BCUT2D eigenvalue weighted by Crippen LogP contribution is 2.26. The highest BCUT2D eigenvalue weighted by molar-refractivity contribution is 6.21. The molecule has 3 nitrogen and oxygen atoms in total. The van der Waals surface area contributed by atoms with Crippen LogP contribution in [0, 0.1) is 11.6 Å². The van der Waals surface area contributed by atoms with Crippen molar-refractivity contribution >= 4 is 11.8 Å². The molecule has 1 aliphatic heterocycles. The molecule has 1 heterocycles. The predicted octanol–water partition coefficient (Wildman–Crippen LogP) is 1.58. The number of carbonyl (C=O) groups is 2.